The van der Waals surface area contributed by atoms with Crippen LogP contribution in [0, 0.1) is 0 Å². The molecule has 420 valence electrons. The first kappa shape index (κ1) is 69.6. The molecular formula is C67H129NO3. The van der Waals surface area contributed by atoms with Gasteiger partial charge < -0.3 is 15.5 Å². The van der Waals surface area contributed by atoms with Gasteiger partial charge in [-0.3, -0.25) is 4.79 Å². The zero-order valence-electron chi connectivity index (χ0n) is 48.5. The number of carbonyl (C=O) groups is 1. The highest BCUT2D eigenvalue weighted by atomic mass is 16.3. The minimum atomic E-state index is -0.870. The molecule has 4 heteroatoms. The molecular weight excluding hydrogens is 867 g/mol. The molecule has 0 heterocycles. The Labute approximate surface area is 446 Å². The molecule has 0 saturated heterocycles. The molecule has 0 radical (unpaired) electrons. The Hall–Kier alpha value is -1.39. The number of hydrogen-bond donors (Lipinski definition) is 3. The Kier molecular flexibility index (Phi) is 61.7. The van der Waals surface area contributed by atoms with Gasteiger partial charge in [-0.2, -0.15) is 0 Å². The first-order valence-corrected chi connectivity index (χ1v) is 32.7. The second-order valence-corrected chi connectivity index (χ2v) is 22.5. The molecule has 0 aromatic rings. The summed E-state index contributed by atoms with van der Waals surface area (Å²) >= 11 is 0. The van der Waals surface area contributed by atoms with Crippen LogP contribution in [0.2, 0.25) is 0 Å². The second kappa shape index (κ2) is 62.9. The van der Waals surface area contributed by atoms with E-state index in [1.165, 1.54) is 308 Å². The van der Waals surface area contributed by atoms with Crippen LogP contribution in [-0.4, -0.2) is 34.9 Å². The van der Waals surface area contributed by atoms with Crippen LogP contribution >= 0.6 is 0 Å². The lowest BCUT2D eigenvalue weighted by Gasteiger charge is -2.19. The van der Waals surface area contributed by atoms with Crippen molar-refractivity contribution in [1.29, 1.82) is 0 Å². The van der Waals surface area contributed by atoms with Crippen LogP contribution in [0.5, 0.6) is 0 Å². The lowest BCUT2D eigenvalue weighted by molar-refractivity contribution is -0.123. The normalized spacial score (nSPS) is 12.9. The van der Waals surface area contributed by atoms with Crippen molar-refractivity contribution in [2.75, 3.05) is 6.61 Å². The van der Waals surface area contributed by atoms with Crippen LogP contribution in [0.15, 0.2) is 36.5 Å². The maximum absolute atomic E-state index is 12.5. The molecule has 4 nitrogen and oxygen atoms in total. The Morgan fingerprint density at radius 3 is 0.817 bits per heavy atom. The van der Waals surface area contributed by atoms with E-state index in [4.69, 9.17) is 0 Å². The van der Waals surface area contributed by atoms with E-state index < -0.39 is 12.1 Å². The van der Waals surface area contributed by atoms with Crippen LogP contribution < -0.4 is 5.32 Å². The summed E-state index contributed by atoms with van der Waals surface area (Å²) in [4.78, 5) is 12.5. The SMILES string of the molecule is CCCCCCCCCCCCCCCC/C=C/CC/C=C/CC/C=C/C(O)C(CO)NC(=O)CCCCCCCCCCCCCCCCCCCCCCCCCCCCCCCCCCCCC. The molecule has 71 heavy (non-hydrogen) atoms. The maximum atomic E-state index is 12.5. The number of allylic oxidation sites excluding steroid dienone is 5. The predicted molar refractivity (Wildman–Crippen MR) is 318 cm³/mol. The van der Waals surface area contributed by atoms with Crippen molar-refractivity contribution in [1.82, 2.24) is 5.32 Å². The van der Waals surface area contributed by atoms with E-state index >= 15 is 0 Å². The molecule has 2 atom stereocenters. The van der Waals surface area contributed by atoms with Crippen LogP contribution in [0.25, 0.3) is 0 Å². The van der Waals surface area contributed by atoms with Gasteiger partial charge in [0.25, 0.3) is 0 Å². The average molecular weight is 997 g/mol. The molecule has 0 rings (SSSR count). The Morgan fingerprint density at radius 1 is 0.324 bits per heavy atom. The number of rotatable bonds is 61. The Balaban J connectivity index is 3.45. The minimum Gasteiger partial charge on any atom is -0.394 e. The molecule has 0 aromatic heterocycles. The number of aliphatic hydroxyl groups excluding tert-OH is 2. The van der Waals surface area contributed by atoms with E-state index in [0.29, 0.717) is 6.42 Å². The quantitative estimate of drug-likeness (QED) is 0.0420. The zero-order chi connectivity index (χ0) is 51.3. The van der Waals surface area contributed by atoms with Gasteiger partial charge in [0.2, 0.25) is 5.91 Å². The predicted octanol–water partition coefficient (Wildman–Crippen LogP) is 22.0. The number of carbonyl (C=O) groups excluding carboxylic acids is 1. The van der Waals surface area contributed by atoms with Crippen molar-refractivity contribution in [2.24, 2.45) is 0 Å². The van der Waals surface area contributed by atoms with E-state index in [0.717, 1.165) is 38.5 Å². The molecule has 1 amide bonds. The maximum Gasteiger partial charge on any atom is 0.220 e. The van der Waals surface area contributed by atoms with Crippen LogP contribution in [-0.2, 0) is 4.79 Å². The van der Waals surface area contributed by atoms with Crippen LogP contribution in [0.1, 0.15) is 367 Å². The molecule has 0 aliphatic carbocycles. The van der Waals surface area contributed by atoms with E-state index in [1.807, 2.05) is 6.08 Å². The minimum absolute atomic E-state index is 0.0703. The van der Waals surface area contributed by atoms with Gasteiger partial charge in [-0.05, 0) is 44.9 Å². The van der Waals surface area contributed by atoms with Crippen molar-refractivity contribution >= 4 is 5.91 Å². The highest BCUT2D eigenvalue weighted by Gasteiger charge is 2.18. The van der Waals surface area contributed by atoms with E-state index in [2.05, 4.69) is 43.5 Å². The van der Waals surface area contributed by atoms with Gasteiger partial charge in [0.05, 0.1) is 18.8 Å². The highest BCUT2D eigenvalue weighted by Crippen LogP contribution is 2.19. The number of amides is 1. The van der Waals surface area contributed by atoms with Gasteiger partial charge in [-0.25, -0.2) is 0 Å². The number of hydrogen-bond acceptors (Lipinski definition) is 3. The highest BCUT2D eigenvalue weighted by molar-refractivity contribution is 5.76. The van der Waals surface area contributed by atoms with Gasteiger partial charge in [-0.15, -0.1) is 0 Å². The third-order valence-electron chi connectivity index (χ3n) is 15.4. The summed E-state index contributed by atoms with van der Waals surface area (Å²) in [6, 6.07) is -0.645. The molecule has 2 unspecified atom stereocenters. The smallest absolute Gasteiger partial charge is 0.220 e. The topological polar surface area (TPSA) is 69.6 Å². The fraction of sp³-hybridized carbons (Fsp3) is 0.896. The number of nitrogens with one attached hydrogen (secondary N) is 1. The van der Waals surface area contributed by atoms with Crippen LogP contribution in [0.3, 0.4) is 0 Å². The molecule has 0 fully saturated rings. The molecule has 0 aliphatic rings. The van der Waals surface area contributed by atoms with Crippen LogP contribution in [0.4, 0.5) is 0 Å². The fourth-order valence-electron chi connectivity index (χ4n) is 10.4. The van der Waals surface area contributed by atoms with Gasteiger partial charge in [-0.1, -0.05) is 352 Å². The number of unbranched alkanes of at least 4 members (excludes halogenated alkanes) is 50. The first-order valence-electron chi connectivity index (χ1n) is 32.7. The molecule has 0 saturated carbocycles. The first-order chi connectivity index (χ1) is 35.2. The standard InChI is InChI=1S/C67H129NO3/c1-3-5-7-9-11-13-15-17-19-21-23-25-27-29-30-31-32-33-34-35-36-37-38-39-41-43-45-47-49-51-53-55-57-59-61-63-67(71)68-65(64-69)66(70)62-60-58-56-54-52-50-48-46-44-42-40-28-26-24-22-20-18-16-14-12-10-8-6-4-2/h44,46,52,54,60,62,65-66,69-70H,3-43,45,47-51,53,55-59,61,63-64H2,1-2H3,(H,68,71)/b46-44+,54-52+,62-60+. The fourth-order valence-corrected chi connectivity index (χ4v) is 10.4. The van der Waals surface area contributed by atoms with Gasteiger partial charge >= 0.3 is 0 Å². The van der Waals surface area contributed by atoms with Gasteiger partial charge in [0.1, 0.15) is 0 Å². The van der Waals surface area contributed by atoms with Gasteiger partial charge in [0, 0.05) is 6.42 Å². The lowest BCUT2D eigenvalue weighted by atomic mass is 10.0. The monoisotopic (exact) mass is 996 g/mol. The van der Waals surface area contributed by atoms with Crippen molar-refractivity contribution in [2.45, 2.75) is 379 Å². The molecule has 0 aliphatic heterocycles. The summed E-state index contributed by atoms with van der Waals surface area (Å²) in [6.07, 6.45) is 86.5. The molecule has 0 spiro atoms. The molecule has 0 aromatic carbocycles. The summed E-state index contributed by atoms with van der Waals surface area (Å²) in [5.41, 5.74) is 0. The van der Waals surface area contributed by atoms with Gasteiger partial charge in [0.15, 0.2) is 0 Å². The number of aliphatic hydroxyl groups is 2. The summed E-state index contributed by atoms with van der Waals surface area (Å²) < 4.78 is 0. The summed E-state index contributed by atoms with van der Waals surface area (Å²) in [7, 11) is 0. The van der Waals surface area contributed by atoms with E-state index in [-0.39, 0.29) is 12.5 Å². The lowest BCUT2D eigenvalue weighted by Crippen LogP contribution is -2.45. The third kappa shape index (κ3) is 59.4. The van der Waals surface area contributed by atoms with Crippen molar-refractivity contribution < 1.29 is 15.0 Å². The summed E-state index contributed by atoms with van der Waals surface area (Å²) in [5, 5.41) is 23.2. The summed E-state index contributed by atoms with van der Waals surface area (Å²) in [6.45, 7) is 4.34. The Bertz CT molecular complexity index is 1080. The van der Waals surface area contributed by atoms with Crippen molar-refractivity contribution in [3.63, 3.8) is 0 Å². The second-order valence-electron chi connectivity index (χ2n) is 22.5. The molecule has 3 N–H and O–H groups in total. The molecule has 0 bridgehead atoms. The summed E-state index contributed by atoms with van der Waals surface area (Å²) in [5.74, 6) is -0.0703. The third-order valence-corrected chi connectivity index (χ3v) is 15.4. The van der Waals surface area contributed by atoms with E-state index in [9.17, 15) is 15.0 Å². The van der Waals surface area contributed by atoms with E-state index in [1.54, 1.807) is 6.08 Å². The van der Waals surface area contributed by atoms with Crippen molar-refractivity contribution in [3.05, 3.63) is 36.5 Å². The zero-order valence-corrected chi connectivity index (χ0v) is 48.5. The Morgan fingerprint density at radius 2 is 0.549 bits per heavy atom. The largest absolute Gasteiger partial charge is 0.394 e. The average Bonchev–Trinajstić information content (AvgIpc) is 3.37. The van der Waals surface area contributed by atoms with Crippen molar-refractivity contribution in [3.8, 4) is 0 Å².